The molecule has 0 atom stereocenters. The lowest BCUT2D eigenvalue weighted by Crippen LogP contribution is -2.09. The number of imidazole rings is 1. The maximum absolute atomic E-state index is 6.23. The molecular formula is C21H23Cl2N5O. The molecule has 4 rings (SSSR count). The van der Waals surface area contributed by atoms with Gasteiger partial charge in [0, 0.05) is 34.9 Å². The largest absolute Gasteiger partial charge is 0.493 e. The van der Waals surface area contributed by atoms with Crippen molar-refractivity contribution in [2.75, 3.05) is 6.61 Å². The highest BCUT2D eigenvalue weighted by Gasteiger charge is 2.13. The standard InChI is InChI=1S/C21H22ClN5O.ClH/c1-14(2)13-28-20-5-4-17(22)9-16(20)11-27-15(3)8-18(25-27)19-12-26-7-6-23-10-21(26)24-19;/h4-10,12,14H,11,13H2,1-3H3;1H. The number of aromatic nitrogens is 5. The number of hydrogen-bond acceptors (Lipinski definition) is 4. The van der Waals surface area contributed by atoms with Gasteiger partial charge in [-0.15, -0.1) is 12.4 Å². The molecule has 4 aromatic rings. The van der Waals surface area contributed by atoms with E-state index in [1.54, 1.807) is 12.4 Å². The predicted molar refractivity (Wildman–Crippen MR) is 117 cm³/mol. The fourth-order valence-electron chi connectivity index (χ4n) is 2.99. The third kappa shape index (κ3) is 4.71. The summed E-state index contributed by atoms with van der Waals surface area (Å²) >= 11 is 6.23. The van der Waals surface area contributed by atoms with E-state index in [1.165, 1.54) is 0 Å². The molecule has 152 valence electrons. The second-order valence-electron chi connectivity index (χ2n) is 7.25. The van der Waals surface area contributed by atoms with Crippen molar-refractivity contribution in [3.05, 3.63) is 65.3 Å². The summed E-state index contributed by atoms with van der Waals surface area (Å²) in [7, 11) is 0. The maximum Gasteiger partial charge on any atom is 0.156 e. The normalized spacial score (nSPS) is 11.1. The van der Waals surface area contributed by atoms with E-state index in [4.69, 9.17) is 21.4 Å². The minimum Gasteiger partial charge on any atom is -0.493 e. The lowest BCUT2D eigenvalue weighted by Gasteiger charge is -2.14. The highest BCUT2D eigenvalue weighted by atomic mass is 35.5. The Morgan fingerprint density at radius 3 is 2.76 bits per heavy atom. The topological polar surface area (TPSA) is 57.2 Å². The van der Waals surface area contributed by atoms with E-state index in [-0.39, 0.29) is 12.4 Å². The second kappa shape index (κ2) is 8.84. The van der Waals surface area contributed by atoms with Crippen molar-refractivity contribution < 1.29 is 4.74 Å². The van der Waals surface area contributed by atoms with Gasteiger partial charge < -0.3 is 9.14 Å². The van der Waals surface area contributed by atoms with Crippen molar-refractivity contribution in [1.29, 1.82) is 0 Å². The molecule has 0 aliphatic rings. The van der Waals surface area contributed by atoms with Crippen molar-refractivity contribution in [1.82, 2.24) is 24.1 Å². The third-order valence-electron chi connectivity index (χ3n) is 4.42. The molecule has 0 fully saturated rings. The zero-order chi connectivity index (χ0) is 19.7. The molecule has 0 radical (unpaired) electrons. The van der Waals surface area contributed by atoms with Crippen molar-refractivity contribution >= 4 is 29.7 Å². The summed E-state index contributed by atoms with van der Waals surface area (Å²) in [6, 6.07) is 7.75. The van der Waals surface area contributed by atoms with E-state index in [1.807, 2.05) is 52.7 Å². The Bertz CT molecular complexity index is 1090. The van der Waals surface area contributed by atoms with Crippen molar-refractivity contribution in [3.63, 3.8) is 0 Å². The fourth-order valence-corrected chi connectivity index (χ4v) is 3.19. The Kier molecular flexibility index (Phi) is 6.45. The fraction of sp³-hybridized carbons (Fsp3) is 0.286. The molecular weight excluding hydrogens is 409 g/mol. The molecule has 6 nitrogen and oxygen atoms in total. The molecule has 0 aliphatic carbocycles. The molecule has 0 aliphatic heterocycles. The third-order valence-corrected chi connectivity index (χ3v) is 4.66. The van der Waals surface area contributed by atoms with Crippen LogP contribution in [0.1, 0.15) is 25.1 Å². The molecule has 3 heterocycles. The van der Waals surface area contributed by atoms with Gasteiger partial charge in [0.25, 0.3) is 0 Å². The minimum absolute atomic E-state index is 0. The monoisotopic (exact) mass is 431 g/mol. The Labute approximate surface area is 180 Å². The van der Waals surface area contributed by atoms with E-state index in [9.17, 15) is 0 Å². The Hall–Kier alpha value is -2.57. The van der Waals surface area contributed by atoms with Crippen LogP contribution in [0, 0.1) is 12.8 Å². The molecule has 0 unspecified atom stereocenters. The van der Waals surface area contributed by atoms with Gasteiger partial charge >= 0.3 is 0 Å². The summed E-state index contributed by atoms with van der Waals surface area (Å²) in [5.41, 5.74) is 4.49. The summed E-state index contributed by atoms with van der Waals surface area (Å²) in [4.78, 5) is 8.71. The Morgan fingerprint density at radius 1 is 1.17 bits per heavy atom. The van der Waals surface area contributed by atoms with Gasteiger partial charge in [0.1, 0.15) is 17.1 Å². The van der Waals surface area contributed by atoms with Crippen LogP contribution in [0.3, 0.4) is 0 Å². The van der Waals surface area contributed by atoms with E-state index >= 15 is 0 Å². The van der Waals surface area contributed by atoms with Gasteiger partial charge in [-0.05, 0) is 37.1 Å². The average molecular weight is 432 g/mol. The van der Waals surface area contributed by atoms with Crippen LogP contribution in [-0.2, 0) is 6.54 Å². The number of ether oxygens (including phenoxy) is 1. The number of rotatable bonds is 6. The predicted octanol–water partition coefficient (Wildman–Crippen LogP) is 5.06. The first-order valence-electron chi connectivity index (χ1n) is 9.24. The van der Waals surface area contributed by atoms with Crippen LogP contribution in [0.5, 0.6) is 5.75 Å². The van der Waals surface area contributed by atoms with Crippen LogP contribution in [0.25, 0.3) is 17.0 Å². The van der Waals surface area contributed by atoms with Crippen LogP contribution < -0.4 is 4.74 Å². The number of benzene rings is 1. The van der Waals surface area contributed by atoms with Crippen molar-refractivity contribution in [2.24, 2.45) is 5.92 Å². The van der Waals surface area contributed by atoms with E-state index in [0.29, 0.717) is 24.1 Å². The van der Waals surface area contributed by atoms with Crippen LogP contribution in [-0.4, -0.2) is 30.8 Å². The zero-order valence-electron chi connectivity index (χ0n) is 16.5. The number of aryl methyl sites for hydroxylation is 1. The highest BCUT2D eigenvalue weighted by Crippen LogP contribution is 2.26. The Morgan fingerprint density at radius 2 is 2.00 bits per heavy atom. The molecule has 3 aromatic heterocycles. The molecule has 1 aromatic carbocycles. The van der Waals surface area contributed by atoms with Gasteiger partial charge in [0.15, 0.2) is 5.65 Å². The van der Waals surface area contributed by atoms with Crippen LogP contribution >= 0.6 is 24.0 Å². The molecule has 0 bridgehead atoms. The number of fused-ring (bicyclic) bond motifs is 1. The number of hydrogen-bond donors (Lipinski definition) is 0. The maximum atomic E-state index is 6.23. The van der Waals surface area contributed by atoms with Crippen LogP contribution in [0.15, 0.2) is 49.1 Å². The summed E-state index contributed by atoms with van der Waals surface area (Å²) < 4.78 is 9.86. The van der Waals surface area contributed by atoms with Gasteiger partial charge in [0.2, 0.25) is 0 Å². The molecule has 0 saturated carbocycles. The van der Waals surface area contributed by atoms with Crippen LogP contribution in [0.4, 0.5) is 0 Å². The van der Waals surface area contributed by atoms with Crippen LogP contribution in [0.2, 0.25) is 5.02 Å². The van der Waals surface area contributed by atoms with Gasteiger partial charge in [0.05, 0.1) is 19.3 Å². The van der Waals surface area contributed by atoms with Gasteiger partial charge in [-0.1, -0.05) is 25.4 Å². The van der Waals surface area contributed by atoms with E-state index < -0.39 is 0 Å². The van der Waals surface area contributed by atoms with E-state index in [0.717, 1.165) is 34.0 Å². The number of nitrogens with zero attached hydrogens (tertiary/aromatic N) is 5. The molecule has 29 heavy (non-hydrogen) atoms. The lowest BCUT2D eigenvalue weighted by molar-refractivity contribution is 0.268. The molecule has 0 N–H and O–H groups in total. The van der Waals surface area contributed by atoms with Gasteiger partial charge in [-0.25, -0.2) is 4.98 Å². The smallest absolute Gasteiger partial charge is 0.156 e. The quantitative estimate of drug-likeness (QED) is 0.428. The highest BCUT2D eigenvalue weighted by molar-refractivity contribution is 6.30. The summed E-state index contributed by atoms with van der Waals surface area (Å²) in [5, 5.41) is 5.44. The first kappa shape index (κ1) is 21.1. The summed E-state index contributed by atoms with van der Waals surface area (Å²) in [5.74, 6) is 1.29. The zero-order valence-corrected chi connectivity index (χ0v) is 18.1. The first-order chi connectivity index (χ1) is 13.5. The molecule has 0 saturated heterocycles. The van der Waals surface area contributed by atoms with Crippen molar-refractivity contribution in [2.45, 2.75) is 27.3 Å². The summed E-state index contributed by atoms with van der Waals surface area (Å²) in [6.45, 7) is 7.53. The molecule has 8 heteroatoms. The number of halogens is 2. The van der Waals surface area contributed by atoms with Gasteiger partial charge in [-0.3, -0.25) is 9.67 Å². The molecule has 0 spiro atoms. The van der Waals surface area contributed by atoms with Crippen molar-refractivity contribution in [3.8, 4) is 17.1 Å². The Balaban J connectivity index is 0.00000240. The average Bonchev–Trinajstić information content (AvgIpc) is 3.24. The van der Waals surface area contributed by atoms with Gasteiger partial charge in [-0.2, -0.15) is 5.10 Å². The SMILES string of the molecule is Cc1cc(-c2cn3ccncc3n2)nn1Cc1cc(Cl)ccc1OCC(C)C.Cl. The summed E-state index contributed by atoms with van der Waals surface area (Å²) in [6.07, 6.45) is 7.30. The molecule has 0 amide bonds. The minimum atomic E-state index is 0. The van der Waals surface area contributed by atoms with E-state index in [2.05, 4.69) is 23.8 Å². The second-order valence-corrected chi connectivity index (χ2v) is 7.69. The lowest BCUT2D eigenvalue weighted by atomic mass is 10.2. The first-order valence-corrected chi connectivity index (χ1v) is 9.62.